The van der Waals surface area contributed by atoms with Gasteiger partial charge in [0.05, 0.1) is 11.4 Å². The summed E-state index contributed by atoms with van der Waals surface area (Å²) in [7, 11) is 0. The maximum atomic E-state index is 11.0. The van der Waals surface area contributed by atoms with E-state index in [4.69, 9.17) is 11.5 Å². The standard InChI is InChI=1S/C9H14N4O/c1-5-2-3-13-6(4-5)7(10)8(12-13)9(11)14/h5H,2-4,10H2,1H3,(H2,11,14)/t5-/m1/s1. The van der Waals surface area contributed by atoms with Gasteiger partial charge in [-0.3, -0.25) is 9.48 Å². The molecule has 2 heterocycles. The molecule has 1 amide bonds. The number of nitrogens with two attached hydrogens (primary N) is 2. The van der Waals surface area contributed by atoms with Crippen molar-refractivity contribution in [3.05, 3.63) is 11.4 Å². The Labute approximate surface area is 82.1 Å². The van der Waals surface area contributed by atoms with Gasteiger partial charge in [-0.15, -0.1) is 0 Å². The van der Waals surface area contributed by atoms with Crippen LogP contribution in [-0.4, -0.2) is 15.7 Å². The van der Waals surface area contributed by atoms with Crippen molar-refractivity contribution in [2.75, 3.05) is 5.73 Å². The molecule has 0 unspecified atom stereocenters. The zero-order valence-corrected chi connectivity index (χ0v) is 8.16. The van der Waals surface area contributed by atoms with Crippen LogP contribution in [0.2, 0.25) is 0 Å². The minimum absolute atomic E-state index is 0.217. The summed E-state index contributed by atoms with van der Waals surface area (Å²) in [6, 6.07) is 0. The second kappa shape index (κ2) is 3.01. The molecule has 0 bridgehead atoms. The van der Waals surface area contributed by atoms with Gasteiger partial charge in [0.15, 0.2) is 5.69 Å². The van der Waals surface area contributed by atoms with E-state index >= 15 is 0 Å². The Balaban J connectivity index is 2.46. The summed E-state index contributed by atoms with van der Waals surface area (Å²) in [4.78, 5) is 11.0. The number of amides is 1. The van der Waals surface area contributed by atoms with Crippen LogP contribution in [0.4, 0.5) is 5.69 Å². The molecule has 0 aliphatic carbocycles. The van der Waals surface area contributed by atoms with Crippen LogP contribution in [0.5, 0.6) is 0 Å². The number of nitrogen functional groups attached to an aromatic ring is 1. The van der Waals surface area contributed by atoms with E-state index in [0.29, 0.717) is 11.6 Å². The SMILES string of the molecule is C[C@@H]1CCn2nc(C(N)=O)c(N)c2C1. The Bertz CT molecular complexity index is 382. The number of hydrogen-bond donors (Lipinski definition) is 2. The molecule has 2 rings (SSSR count). The molecule has 0 spiro atoms. The third-order valence-corrected chi connectivity index (χ3v) is 2.71. The largest absolute Gasteiger partial charge is 0.395 e. The van der Waals surface area contributed by atoms with Gasteiger partial charge in [0.1, 0.15) is 0 Å². The Morgan fingerprint density at radius 3 is 3.00 bits per heavy atom. The van der Waals surface area contributed by atoms with Crippen molar-refractivity contribution in [3.8, 4) is 0 Å². The molecule has 5 heteroatoms. The zero-order chi connectivity index (χ0) is 10.3. The number of anilines is 1. The smallest absolute Gasteiger partial charge is 0.271 e. The molecule has 0 fully saturated rings. The molecule has 4 N–H and O–H groups in total. The van der Waals surface area contributed by atoms with Crippen molar-refractivity contribution in [2.24, 2.45) is 11.7 Å². The molecule has 0 aromatic carbocycles. The summed E-state index contributed by atoms with van der Waals surface area (Å²) in [6.45, 7) is 2.99. The first-order valence-corrected chi connectivity index (χ1v) is 4.74. The highest BCUT2D eigenvalue weighted by Crippen LogP contribution is 2.26. The van der Waals surface area contributed by atoms with Gasteiger partial charge in [-0.05, 0) is 18.8 Å². The van der Waals surface area contributed by atoms with Crippen LogP contribution in [0.1, 0.15) is 29.5 Å². The Kier molecular flexibility index (Phi) is 1.94. The van der Waals surface area contributed by atoms with E-state index in [1.807, 2.05) is 0 Å². The van der Waals surface area contributed by atoms with Crippen LogP contribution in [0, 0.1) is 5.92 Å². The zero-order valence-electron chi connectivity index (χ0n) is 8.16. The number of hydrogen-bond acceptors (Lipinski definition) is 3. The lowest BCUT2D eigenvalue weighted by Crippen LogP contribution is -2.18. The van der Waals surface area contributed by atoms with Gasteiger partial charge in [-0.2, -0.15) is 5.10 Å². The molecule has 1 atom stereocenters. The average Bonchev–Trinajstić information content (AvgIpc) is 2.44. The first kappa shape index (κ1) is 9.05. The van der Waals surface area contributed by atoms with Crippen LogP contribution in [0.3, 0.4) is 0 Å². The number of aromatic nitrogens is 2. The Morgan fingerprint density at radius 2 is 2.36 bits per heavy atom. The van der Waals surface area contributed by atoms with E-state index in [0.717, 1.165) is 25.1 Å². The number of carbonyl (C=O) groups is 1. The predicted octanol–water partition coefficient (Wildman–Crippen LogP) is 0.147. The summed E-state index contributed by atoms with van der Waals surface area (Å²) in [5.74, 6) is 0.0549. The summed E-state index contributed by atoms with van der Waals surface area (Å²) in [5.41, 5.74) is 12.6. The molecule has 0 saturated carbocycles. The third kappa shape index (κ3) is 1.25. The fourth-order valence-corrected chi connectivity index (χ4v) is 1.87. The maximum absolute atomic E-state index is 11.0. The first-order valence-electron chi connectivity index (χ1n) is 4.74. The third-order valence-electron chi connectivity index (χ3n) is 2.71. The molecule has 1 aliphatic heterocycles. The minimum atomic E-state index is -0.544. The molecule has 0 saturated heterocycles. The number of carbonyl (C=O) groups excluding carboxylic acids is 1. The van der Waals surface area contributed by atoms with E-state index < -0.39 is 5.91 Å². The van der Waals surface area contributed by atoms with Crippen LogP contribution >= 0.6 is 0 Å². The second-order valence-electron chi connectivity index (χ2n) is 3.89. The summed E-state index contributed by atoms with van der Waals surface area (Å²) in [6.07, 6.45) is 1.96. The topological polar surface area (TPSA) is 86.9 Å². The van der Waals surface area contributed by atoms with Crippen molar-refractivity contribution in [1.29, 1.82) is 0 Å². The van der Waals surface area contributed by atoms with Gasteiger partial charge in [0.2, 0.25) is 0 Å². The van der Waals surface area contributed by atoms with E-state index in [-0.39, 0.29) is 5.69 Å². The van der Waals surface area contributed by atoms with Crippen molar-refractivity contribution < 1.29 is 4.79 Å². The lowest BCUT2D eigenvalue weighted by molar-refractivity contribution is 0.0995. The summed E-state index contributed by atoms with van der Waals surface area (Å²) < 4.78 is 1.80. The highest BCUT2D eigenvalue weighted by Gasteiger charge is 2.23. The molecule has 76 valence electrons. The van der Waals surface area contributed by atoms with E-state index in [2.05, 4.69) is 12.0 Å². The highest BCUT2D eigenvalue weighted by atomic mass is 16.1. The quantitative estimate of drug-likeness (QED) is 0.667. The number of rotatable bonds is 1. The van der Waals surface area contributed by atoms with Crippen molar-refractivity contribution in [3.63, 3.8) is 0 Å². The normalized spacial score (nSPS) is 20.5. The molecule has 5 nitrogen and oxygen atoms in total. The number of nitrogens with zero attached hydrogens (tertiary/aromatic N) is 2. The fourth-order valence-electron chi connectivity index (χ4n) is 1.87. The first-order chi connectivity index (χ1) is 6.59. The molecular weight excluding hydrogens is 180 g/mol. The van der Waals surface area contributed by atoms with Crippen LogP contribution in [0.25, 0.3) is 0 Å². The molecule has 1 aromatic rings. The van der Waals surface area contributed by atoms with Gasteiger partial charge >= 0.3 is 0 Å². The highest BCUT2D eigenvalue weighted by molar-refractivity contribution is 5.96. The van der Waals surface area contributed by atoms with Crippen LogP contribution in [0.15, 0.2) is 0 Å². The lowest BCUT2D eigenvalue weighted by Gasteiger charge is -2.19. The Hall–Kier alpha value is -1.52. The predicted molar refractivity (Wildman–Crippen MR) is 52.6 cm³/mol. The van der Waals surface area contributed by atoms with Crippen molar-refractivity contribution in [2.45, 2.75) is 26.3 Å². The molecular formula is C9H14N4O. The molecule has 0 radical (unpaired) electrons. The van der Waals surface area contributed by atoms with Gasteiger partial charge in [-0.25, -0.2) is 0 Å². The fraction of sp³-hybridized carbons (Fsp3) is 0.556. The monoisotopic (exact) mass is 194 g/mol. The van der Waals surface area contributed by atoms with Crippen LogP contribution in [-0.2, 0) is 13.0 Å². The van der Waals surface area contributed by atoms with Gasteiger partial charge < -0.3 is 11.5 Å². The van der Waals surface area contributed by atoms with Gasteiger partial charge in [-0.1, -0.05) is 6.92 Å². The van der Waals surface area contributed by atoms with Gasteiger partial charge in [0, 0.05) is 6.54 Å². The molecule has 14 heavy (non-hydrogen) atoms. The Morgan fingerprint density at radius 1 is 1.64 bits per heavy atom. The lowest BCUT2D eigenvalue weighted by atomic mass is 9.97. The number of primary amides is 1. The van der Waals surface area contributed by atoms with Gasteiger partial charge in [0.25, 0.3) is 5.91 Å². The van der Waals surface area contributed by atoms with E-state index in [1.165, 1.54) is 0 Å². The summed E-state index contributed by atoms with van der Waals surface area (Å²) in [5, 5.41) is 4.10. The van der Waals surface area contributed by atoms with E-state index in [9.17, 15) is 4.79 Å². The maximum Gasteiger partial charge on any atom is 0.271 e. The second-order valence-corrected chi connectivity index (χ2v) is 3.89. The number of aryl methyl sites for hydroxylation is 1. The minimum Gasteiger partial charge on any atom is -0.395 e. The average molecular weight is 194 g/mol. The van der Waals surface area contributed by atoms with E-state index in [1.54, 1.807) is 4.68 Å². The molecule has 1 aliphatic rings. The number of fused-ring (bicyclic) bond motifs is 1. The van der Waals surface area contributed by atoms with Crippen molar-refractivity contribution >= 4 is 11.6 Å². The molecule has 1 aromatic heterocycles. The summed E-state index contributed by atoms with van der Waals surface area (Å²) >= 11 is 0. The van der Waals surface area contributed by atoms with Crippen LogP contribution < -0.4 is 11.5 Å². The van der Waals surface area contributed by atoms with Crippen molar-refractivity contribution in [1.82, 2.24) is 9.78 Å².